The molecule has 0 saturated heterocycles. The molecular weight excluding hydrogens is 132 g/mol. The lowest BCUT2D eigenvalue weighted by molar-refractivity contribution is 0.590. The first kappa shape index (κ1) is 8.65. The molecule has 0 heteroatoms. The van der Waals surface area contributed by atoms with Crippen molar-refractivity contribution >= 4 is 0 Å². The first-order chi connectivity index (χ1) is 5.50. The summed E-state index contributed by atoms with van der Waals surface area (Å²) in [7, 11) is 0. The van der Waals surface area contributed by atoms with Crippen LogP contribution in [0, 0.1) is 11.8 Å². The molecule has 0 aromatic rings. The van der Waals surface area contributed by atoms with Gasteiger partial charge in [0, 0.05) is 12.8 Å². The zero-order chi connectivity index (χ0) is 7.78. The Labute approximate surface area is 70.4 Å². The van der Waals surface area contributed by atoms with E-state index in [0.29, 0.717) is 0 Å². The van der Waals surface area contributed by atoms with E-state index in [2.05, 4.69) is 11.8 Å². The fraction of sp³-hybridized carbons (Fsp3) is 0.818. The Morgan fingerprint density at radius 3 is 1.27 bits per heavy atom. The van der Waals surface area contributed by atoms with Crippen LogP contribution in [-0.4, -0.2) is 0 Å². The fourth-order valence-corrected chi connectivity index (χ4v) is 1.49. The van der Waals surface area contributed by atoms with Crippen LogP contribution in [0.2, 0.25) is 0 Å². The van der Waals surface area contributed by atoms with Gasteiger partial charge in [-0.2, -0.15) is 0 Å². The lowest BCUT2D eigenvalue weighted by Crippen LogP contribution is -1.78. The Kier molecular flexibility index (Phi) is 4.94. The highest BCUT2D eigenvalue weighted by atomic mass is 14.0. The number of rotatable bonds is 0. The molecule has 1 aliphatic rings. The van der Waals surface area contributed by atoms with Crippen molar-refractivity contribution in [3.63, 3.8) is 0 Å². The average Bonchev–Trinajstić information content (AvgIpc) is 2.08. The van der Waals surface area contributed by atoms with E-state index in [-0.39, 0.29) is 0 Å². The maximum Gasteiger partial charge on any atom is 0.00886 e. The molecule has 0 bridgehead atoms. The van der Waals surface area contributed by atoms with Gasteiger partial charge in [-0.3, -0.25) is 0 Å². The molecule has 0 saturated carbocycles. The van der Waals surface area contributed by atoms with E-state index in [1.54, 1.807) is 0 Å². The van der Waals surface area contributed by atoms with Crippen LogP contribution < -0.4 is 0 Å². The molecule has 0 amide bonds. The lowest BCUT2D eigenvalue weighted by Gasteiger charge is -1.97. The van der Waals surface area contributed by atoms with Gasteiger partial charge >= 0.3 is 0 Å². The van der Waals surface area contributed by atoms with Crippen molar-refractivity contribution in [3.8, 4) is 11.8 Å². The molecule has 62 valence electrons. The molecule has 0 spiro atoms. The van der Waals surface area contributed by atoms with Crippen LogP contribution in [0.15, 0.2) is 0 Å². The van der Waals surface area contributed by atoms with E-state index in [9.17, 15) is 0 Å². The minimum Gasteiger partial charge on any atom is -0.103 e. The normalized spacial score (nSPS) is 21.1. The largest absolute Gasteiger partial charge is 0.103 e. The van der Waals surface area contributed by atoms with Crippen LogP contribution in [-0.2, 0) is 0 Å². The molecule has 11 heavy (non-hydrogen) atoms. The van der Waals surface area contributed by atoms with Crippen molar-refractivity contribution in [2.24, 2.45) is 0 Å². The summed E-state index contributed by atoms with van der Waals surface area (Å²) in [4.78, 5) is 0. The molecule has 0 N–H and O–H groups in total. The maximum atomic E-state index is 3.23. The van der Waals surface area contributed by atoms with Gasteiger partial charge in [-0.05, 0) is 12.8 Å². The van der Waals surface area contributed by atoms with Crippen LogP contribution in [0.1, 0.15) is 57.8 Å². The Balaban J connectivity index is 2.15. The number of hydrogen-bond acceptors (Lipinski definition) is 0. The summed E-state index contributed by atoms with van der Waals surface area (Å²) in [6, 6.07) is 0. The molecule has 0 aromatic heterocycles. The second kappa shape index (κ2) is 6.28. The van der Waals surface area contributed by atoms with E-state index in [0.717, 1.165) is 12.8 Å². The van der Waals surface area contributed by atoms with E-state index < -0.39 is 0 Å². The summed E-state index contributed by atoms with van der Waals surface area (Å²) in [5.41, 5.74) is 0. The van der Waals surface area contributed by atoms with Crippen LogP contribution in [0.4, 0.5) is 0 Å². The molecular formula is C11H18. The third kappa shape index (κ3) is 4.90. The van der Waals surface area contributed by atoms with Crippen molar-refractivity contribution in [2.45, 2.75) is 57.8 Å². The van der Waals surface area contributed by atoms with E-state index in [1.807, 2.05) is 0 Å². The van der Waals surface area contributed by atoms with Gasteiger partial charge in [0.15, 0.2) is 0 Å². The smallest absolute Gasteiger partial charge is 0.00886 e. The van der Waals surface area contributed by atoms with Gasteiger partial charge in [0.1, 0.15) is 0 Å². The molecule has 0 aromatic carbocycles. The van der Waals surface area contributed by atoms with Crippen molar-refractivity contribution < 1.29 is 0 Å². The van der Waals surface area contributed by atoms with Gasteiger partial charge in [0.05, 0.1) is 0 Å². The van der Waals surface area contributed by atoms with Crippen molar-refractivity contribution in [1.82, 2.24) is 0 Å². The second-order valence-electron chi connectivity index (χ2n) is 3.33. The van der Waals surface area contributed by atoms with Crippen LogP contribution in [0.25, 0.3) is 0 Å². The predicted octanol–water partition coefficient (Wildman–Crippen LogP) is 3.51. The van der Waals surface area contributed by atoms with Crippen LogP contribution in [0.3, 0.4) is 0 Å². The van der Waals surface area contributed by atoms with Gasteiger partial charge in [-0.25, -0.2) is 0 Å². The quantitative estimate of drug-likeness (QED) is 0.463. The van der Waals surface area contributed by atoms with E-state index in [1.165, 1.54) is 44.9 Å². The third-order valence-electron chi connectivity index (χ3n) is 2.23. The van der Waals surface area contributed by atoms with Crippen molar-refractivity contribution in [1.29, 1.82) is 0 Å². The Morgan fingerprint density at radius 2 is 0.818 bits per heavy atom. The zero-order valence-electron chi connectivity index (χ0n) is 7.36. The molecule has 0 unspecified atom stereocenters. The molecule has 0 radical (unpaired) electrons. The summed E-state index contributed by atoms with van der Waals surface area (Å²) < 4.78 is 0. The second-order valence-corrected chi connectivity index (χ2v) is 3.33. The first-order valence-electron chi connectivity index (χ1n) is 4.96. The van der Waals surface area contributed by atoms with Gasteiger partial charge in [-0.1, -0.05) is 32.1 Å². The topological polar surface area (TPSA) is 0 Å². The Hall–Kier alpha value is -0.440. The van der Waals surface area contributed by atoms with Crippen molar-refractivity contribution in [2.75, 3.05) is 0 Å². The highest BCUT2D eigenvalue weighted by Crippen LogP contribution is 2.10. The molecule has 0 heterocycles. The summed E-state index contributed by atoms with van der Waals surface area (Å²) in [5, 5.41) is 0. The fourth-order valence-electron chi connectivity index (χ4n) is 1.49. The average molecular weight is 150 g/mol. The van der Waals surface area contributed by atoms with Crippen LogP contribution >= 0.6 is 0 Å². The van der Waals surface area contributed by atoms with Crippen molar-refractivity contribution in [3.05, 3.63) is 0 Å². The Bertz CT molecular complexity index is 122. The summed E-state index contributed by atoms with van der Waals surface area (Å²) in [5.74, 6) is 6.47. The minimum atomic E-state index is 1.14. The molecule has 0 nitrogen and oxygen atoms in total. The van der Waals surface area contributed by atoms with Gasteiger partial charge < -0.3 is 0 Å². The van der Waals surface area contributed by atoms with Gasteiger partial charge in [-0.15, -0.1) is 11.8 Å². The lowest BCUT2D eigenvalue weighted by atomic mass is 10.1. The molecule has 1 rings (SSSR count). The zero-order valence-corrected chi connectivity index (χ0v) is 7.36. The molecule has 0 atom stereocenters. The number of hydrogen-bond donors (Lipinski definition) is 0. The van der Waals surface area contributed by atoms with Crippen LogP contribution in [0.5, 0.6) is 0 Å². The molecule has 0 aliphatic heterocycles. The van der Waals surface area contributed by atoms with Gasteiger partial charge in [0.25, 0.3) is 0 Å². The third-order valence-corrected chi connectivity index (χ3v) is 2.23. The summed E-state index contributed by atoms with van der Waals surface area (Å²) in [6.45, 7) is 0. The monoisotopic (exact) mass is 150 g/mol. The minimum absolute atomic E-state index is 1.14. The highest BCUT2D eigenvalue weighted by Gasteiger charge is 1.91. The van der Waals surface area contributed by atoms with E-state index >= 15 is 0 Å². The summed E-state index contributed by atoms with van der Waals surface area (Å²) >= 11 is 0. The standard InChI is InChI=1S/C11H18/c1-2-4-6-8-10-11-9-7-5-3-1/h1-9H2. The van der Waals surface area contributed by atoms with Gasteiger partial charge in [0.2, 0.25) is 0 Å². The SMILES string of the molecule is C1#CCCCCCCCCC1. The highest BCUT2D eigenvalue weighted by molar-refractivity contribution is 4.98. The first-order valence-corrected chi connectivity index (χ1v) is 4.96. The summed E-state index contributed by atoms with van der Waals surface area (Å²) in [6.07, 6.45) is 12.0. The predicted molar refractivity (Wildman–Crippen MR) is 49.3 cm³/mol. The molecule has 0 fully saturated rings. The maximum absolute atomic E-state index is 3.23. The molecule has 1 aliphatic carbocycles. The van der Waals surface area contributed by atoms with E-state index in [4.69, 9.17) is 0 Å². The Morgan fingerprint density at radius 1 is 0.455 bits per heavy atom.